The summed E-state index contributed by atoms with van der Waals surface area (Å²) in [5, 5.41) is 5.81. The molecule has 1 amide bonds. The van der Waals surface area contributed by atoms with Gasteiger partial charge < -0.3 is 0 Å². The largest absolute Gasteiger partial charge is 0.271 e. The predicted molar refractivity (Wildman–Crippen MR) is 117 cm³/mol. The molecule has 8 heteroatoms. The Morgan fingerprint density at radius 1 is 1.07 bits per heavy atom. The first kappa shape index (κ1) is 20.8. The van der Waals surface area contributed by atoms with Gasteiger partial charge in [0, 0.05) is 4.88 Å². The van der Waals surface area contributed by atoms with Crippen LogP contribution in [0.3, 0.4) is 0 Å². The zero-order valence-electron chi connectivity index (χ0n) is 15.9. The van der Waals surface area contributed by atoms with Crippen molar-refractivity contribution in [2.45, 2.75) is 18.2 Å². The standard InChI is InChI=1S/C21H21N3O3S2/c1-2-17-10-12-18(13-11-17)24(29(26,27)20-8-4-3-5-9-20)16-21(25)23-22-15-19-7-6-14-28-19/h3-15H,2,16H2,1H3,(H,23,25)/b22-15-. The van der Waals surface area contributed by atoms with Crippen molar-refractivity contribution >= 4 is 39.2 Å². The fourth-order valence-corrected chi connectivity index (χ4v) is 4.66. The first-order chi connectivity index (χ1) is 14.0. The van der Waals surface area contributed by atoms with Crippen molar-refractivity contribution in [3.63, 3.8) is 0 Å². The van der Waals surface area contributed by atoms with E-state index in [1.165, 1.54) is 29.7 Å². The molecule has 3 aromatic rings. The molecule has 0 unspecified atom stereocenters. The molecule has 0 atom stereocenters. The molecule has 0 aliphatic heterocycles. The van der Waals surface area contributed by atoms with Crippen molar-refractivity contribution in [2.24, 2.45) is 5.10 Å². The van der Waals surface area contributed by atoms with Gasteiger partial charge in [-0.05, 0) is 47.7 Å². The summed E-state index contributed by atoms with van der Waals surface area (Å²) in [5.74, 6) is -0.531. The number of thiophene rings is 1. The number of aryl methyl sites for hydroxylation is 1. The van der Waals surface area contributed by atoms with Crippen LogP contribution in [0.15, 0.2) is 82.1 Å². The molecule has 3 rings (SSSR count). The van der Waals surface area contributed by atoms with Crippen molar-refractivity contribution in [3.8, 4) is 0 Å². The molecule has 150 valence electrons. The fraction of sp³-hybridized carbons (Fsp3) is 0.143. The number of rotatable bonds is 8. The van der Waals surface area contributed by atoms with Gasteiger partial charge in [-0.15, -0.1) is 11.3 Å². The lowest BCUT2D eigenvalue weighted by Gasteiger charge is -2.24. The number of sulfonamides is 1. The van der Waals surface area contributed by atoms with E-state index in [1.807, 2.05) is 36.6 Å². The van der Waals surface area contributed by atoms with Gasteiger partial charge in [-0.3, -0.25) is 9.10 Å². The topological polar surface area (TPSA) is 78.8 Å². The monoisotopic (exact) mass is 427 g/mol. The van der Waals surface area contributed by atoms with E-state index in [1.54, 1.807) is 30.3 Å². The van der Waals surface area contributed by atoms with E-state index in [-0.39, 0.29) is 11.4 Å². The first-order valence-electron chi connectivity index (χ1n) is 9.03. The summed E-state index contributed by atoms with van der Waals surface area (Å²) in [4.78, 5) is 13.4. The second-order valence-corrected chi connectivity index (χ2v) is 8.99. The smallest absolute Gasteiger partial charge is 0.264 e. The van der Waals surface area contributed by atoms with Gasteiger partial charge in [-0.25, -0.2) is 13.8 Å². The maximum Gasteiger partial charge on any atom is 0.264 e. The Hall–Kier alpha value is -2.97. The highest BCUT2D eigenvalue weighted by atomic mass is 32.2. The SMILES string of the molecule is CCc1ccc(N(CC(=O)N/N=C\c2cccs2)S(=O)(=O)c2ccccc2)cc1. The van der Waals surface area contributed by atoms with Gasteiger partial charge in [0.15, 0.2) is 0 Å². The molecule has 6 nitrogen and oxygen atoms in total. The fourth-order valence-electron chi connectivity index (χ4n) is 2.63. The van der Waals surface area contributed by atoms with Crippen molar-refractivity contribution < 1.29 is 13.2 Å². The Bertz CT molecular complexity index is 1060. The first-order valence-corrected chi connectivity index (χ1v) is 11.3. The number of carbonyl (C=O) groups is 1. The Labute approximate surface area is 174 Å². The lowest BCUT2D eigenvalue weighted by atomic mass is 10.1. The van der Waals surface area contributed by atoms with Crippen LogP contribution in [-0.2, 0) is 21.2 Å². The minimum atomic E-state index is -3.91. The second kappa shape index (κ2) is 9.49. The highest BCUT2D eigenvalue weighted by molar-refractivity contribution is 7.92. The van der Waals surface area contributed by atoms with E-state index in [0.29, 0.717) is 5.69 Å². The molecule has 1 aromatic heterocycles. The number of benzene rings is 2. The third-order valence-corrected chi connectivity index (χ3v) is 6.77. The molecule has 29 heavy (non-hydrogen) atoms. The number of nitrogens with one attached hydrogen (secondary N) is 1. The highest BCUT2D eigenvalue weighted by Crippen LogP contribution is 2.24. The van der Waals surface area contributed by atoms with Gasteiger partial charge in [-0.2, -0.15) is 5.10 Å². The summed E-state index contributed by atoms with van der Waals surface area (Å²) in [6.45, 7) is 1.64. The average Bonchev–Trinajstić information content (AvgIpc) is 3.26. The number of hydrogen-bond acceptors (Lipinski definition) is 5. The van der Waals surface area contributed by atoms with Crippen molar-refractivity contribution in [3.05, 3.63) is 82.6 Å². The summed E-state index contributed by atoms with van der Waals surface area (Å²) in [7, 11) is -3.91. The number of carbonyl (C=O) groups excluding carboxylic acids is 1. The number of hydrazone groups is 1. The van der Waals surface area contributed by atoms with Crippen LogP contribution in [0, 0.1) is 0 Å². The van der Waals surface area contributed by atoms with Crippen LogP contribution in [-0.4, -0.2) is 27.1 Å². The zero-order valence-corrected chi connectivity index (χ0v) is 17.5. The number of amides is 1. The van der Waals surface area contributed by atoms with Crippen LogP contribution in [0.1, 0.15) is 17.4 Å². The summed E-state index contributed by atoms with van der Waals surface area (Å²) in [6.07, 6.45) is 2.36. The van der Waals surface area contributed by atoms with Gasteiger partial charge in [0.2, 0.25) is 0 Å². The third-order valence-electron chi connectivity index (χ3n) is 4.18. The molecule has 2 aromatic carbocycles. The molecule has 1 N–H and O–H groups in total. The summed E-state index contributed by atoms with van der Waals surface area (Å²) in [6, 6.07) is 18.9. The lowest BCUT2D eigenvalue weighted by molar-refractivity contribution is -0.119. The molecule has 1 heterocycles. The van der Waals surface area contributed by atoms with Crippen LogP contribution >= 0.6 is 11.3 Å². The summed E-state index contributed by atoms with van der Waals surface area (Å²) < 4.78 is 27.5. The minimum absolute atomic E-state index is 0.120. The molecule has 0 saturated heterocycles. The third kappa shape index (κ3) is 5.30. The number of hydrogen-bond donors (Lipinski definition) is 1. The summed E-state index contributed by atoms with van der Waals surface area (Å²) in [5.41, 5.74) is 3.90. The van der Waals surface area contributed by atoms with Gasteiger partial charge in [-0.1, -0.05) is 43.3 Å². The average molecular weight is 428 g/mol. The Kier molecular flexibility index (Phi) is 6.79. The molecule has 0 radical (unpaired) electrons. The van der Waals surface area contributed by atoms with Crippen molar-refractivity contribution in [2.75, 3.05) is 10.8 Å². The normalized spacial score (nSPS) is 11.5. The van der Waals surface area contributed by atoms with E-state index in [0.717, 1.165) is 21.2 Å². The molecule has 0 bridgehead atoms. The van der Waals surface area contributed by atoms with E-state index >= 15 is 0 Å². The van der Waals surface area contributed by atoms with Gasteiger partial charge in [0.25, 0.3) is 15.9 Å². The van der Waals surface area contributed by atoms with Crippen LogP contribution in [0.5, 0.6) is 0 Å². The maximum absolute atomic E-state index is 13.2. The van der Waals surface area contributed by atoms with Crippen LogP contribution < -0.4 is 9.73 Å². The van der Waals surface area contributed by atoms with Crippen LogP contribution in [0.2, 0.25) is 0 Å². The molecule has 0 saturated carbocycles. The van der Waals surface area contributed by atoms with Crippen LogP contribution in [0.25, 0.3) is 0 Å². The van der Waals surface area contributed by atoms with Crippen molar-refractivity contribution in [1.29, 1.82) is 0 Å². The van der Waals surface area contributed by atoms with E-state index in [2.05, 4.69) is 10.5 Å². The van der Waals surface area contributed by atoms with E-state index in [4.69, 9.17) is 0 Å². The summed E-state index contributed by atoms with van der Waals surface area (Å²) >= 11 is 1.48. The minimum Gasteiger partial charge on any atom is -0.271 e. The maximum atomic E-state index is 13.2. The van der Waals surface area contributed by atoms with E-state index < -0.39 is 15.9 Å². The molecular weight excluding hydrogens is 406 g/mol. The number of nitrogens with zero attached hydrogens (tertiary/aromatic N) is 2. The highest BCUT2D eigenvalue weighted by Gasteiger charge is 2.27. The molecule has 0 fully saturated rings. The Morgan fingerprint density at radius 3 is 2.41 bits per heavy atom. The lowest BCUT2D eigenvalue weighted by Crippen LogP contribution is -2.39. The zero-order chi connectivity index (χ0) is 20.7. The van der Waals surface area contributed by atoms with Crippen molar-refractivity contribution in [1.82, 2.24) is 5.43 Å². The quantitative estimate of drug-likeness (QED) is 0.440. The van der Waals surface area contributed by atoms with Crippen LogP contribution in [0.4, 0.5) is 5.69 Å². The molecule has 0 aliphatic rings. The van der Waals surface area contributed by atoms with Gasteiger partial charge >= 0.3 is 0 Å². The predicted octanol–water partition coefficient (Wildman–Crippen LogP) is 3.66. The van der Waals surface area contributed by atoms with Gasteiger partial charge in [0.05, 0.1) is 16.8 Å². The second-order valence-electron chi connectivity index (χ2n) is 6.15. The Balaban J connectivity index is 1.85. The molecule has 0 spiro atoms. The number of anilines is 1. The van der Waals surface area contributed by atoms with E-state index in [9.17, 15) is 13.2 Å². The molecule has 0 aliphatic carbocycles. The molecular formula is C21H21N3O3S2. The Morgan fingerprint density at radius 2 is 1.79 bits per heavy atom. The van der Waals surface area contributed by atoms with Gasteiger partial charge in [0.1, 0.15) is 6.54 Å².